The number of aromatic carboxylic acids is 1. The summed E-state index contributed by atoms with van der Waals surface area (Å²) >= 11 is 5.91. The van der Waals surface area contributed by atoms with Gasteiger partial charge in [-0.05, 0) is 36.6 Å². The Kier molecular flexibility index (Phi) is 3.95. The number of pyridine rings is 1. The smallest absolute Gasteiger partial charge is 0.401 e. The van der Waals surface area contributed by atoms with Crippen LogP contribution in [0.4, 0.5) is 0 Å². The molecule has 0 aliphatic rings. The van der Waals surface area contributed by atoms with Crippen LogP contribution in [0.5, 0.6) is 0 Å². The molecular weight excluding hydrogens is 250 g/mol. The third kappa shape index (κ3) is 3.08. The fourth-order valence-corrected chi connectivity index (χ4v) is 2.06. The molecule has 0 saturated carbocycles. The number of hydrogen-bond acceptors (Lipinski definition) is 1. The lowest BCUT2D eigenvalue weighted by molar-refractivity contribution is -0.384. The van der Waals surface area contributed by atoms with Crippen LogP contribution in [0.2, 0.25) is 5.02 Å². The van der Waals surface area contributed by atoms with Gasteiger partial charge in [-0.2, -0.15) is 0 Å². The van der Waals surface area contributed by atoms with Crippen molar-refractivity contribution >= 4 is 17.6 Å². The van der Waals surface area contributed by atoms with E-state index < -0.39 is 5.97 Å². The summed E-state index contributed by atoms with van der Waals surface area (Å²) in [6, 6.07) is 11.2. The molecule has 2 N–H and O–H groups in total. The van der Waals surface area contributed by atoms with Crippen LogP contribution in [-0.4, -0.2) is 11.1 Å². The van der Waals surface area contributed by atoms with E-state index in [1.807, 2.05) is 30.3 Å². The first kappa shape index (κ1) is 12.6. The van der Waals surface area contributed by atoms with E-state index >= 15 is 0 Å². The third-order valence-electron chi connectivity index (χ3n) is 2.73. The monoisotopic (exact) mass is 262 g/mol. The average molecular weight is 263 g/mol. The number of H-pyrrole nitrogens is 1. The Balaban J connectivity index is 2.13. The molecule has 0 bridgehead atoms. The van der Waals surface area contributed by atoms with E-state index in [1.54, 1.807) is 12.3 Å². The van der Waals surface area contributed by atoms with Gasteiger partial charge in [-0.25, -0.2) is 9.78 Å². The molecule has 0 unspecified atom stereocenters. The number of aryl methyl sites for hydroxylation is 2. The van der Waals surface area contributed by atoms with E-state index in [0.717, 1.165) is 17.5 Å². The van der Waals surface area contributed by atoms with Gasteiger partial charge in [0.1, 0.15) is 0 Å². The molecule has 0 radical (unpaired) electrons. The minimum atomic E-state index is -0.934. The van der Waals surface area contributed by atoms with Crippen molar-refractivity contribution in [1.29, 1.82) is 0 Å². The second-order valence-corrected chi connectivity index (χ2v) is 4.44. The maximum absolute atomic E-state index is 11.0. The van der Waals surface area contributed by atoms with Crippen molar-refractivity contribution in [2.75, 3.05) is 0 Å². The number of carboxylic acids is 1. The van der Waals surface area contributed by atoms with Crippen molar-refractivity contribution in [2.24, 2.45) is 0 Å². The number of benzene rings is 1. The number of aromatic amines is 1. The van der Waals surface area contributed by atoms with Crippen LogP contribution in [0.3, 0.4) is 0 Å². The molecule has 2 aromatic rings. The topological polar surface area (TPSA) is 51.4 Å². The van der Waals surface area contributed by atoms with Gasteiger partial charge in [-0.1, -0.05) is 23.7 Å². The van der Waals surface area contributed by atoms with E-state index in [2.05, 4.69) is 4.98 Å². The molecule has 0 aliphatic heterocycles. The van der Waals surface area contributed by atoms with Gasteiger partial charge in [-0.15, -0.1) is 0 Å². The number of carboxylic acid groups (broad SMARTS) is 1. The summed E-state index contributed by atoms with van der Waals surface area (Å²) in [4.78, 5) is 13.8. The van der Waals surface area contributed by atoms with Crippen LogP contribution < -0.4 is 4.98 Å². The summed E-state index contributed by atoms with van der Waals surface area (Å²) in [5.74, 6) is -0.934. The van der Waals surface area contributed by atoms with Gasteiger partial charge in [0, 0.05) is 16.7 Å². The third-order valence-corrected chi connectivity index (χ3v) is 2.96. The lowest BCUT2D eigenvalue weighted by Crippen LogP contribution is -2.19. The Hall–Kier alpha value is -1.87. The predicted octanol–water partition coefficient (Wildman–Crippen LogP) is 2.64. The quantitative estimate of drug-likeness (QED) is 0.921. The van der Waals surface area contributed by atoms with Gasteiger partial charge < -0.3 is 5.11 Å². The first-order chi connectivity index (χ1) is 8.66. The molecule has 0 amide bonds. The van der Waals surface area contributed by atoms with Crippen molar-refractivity contribution in [3.8, 4) is 0 Å². The van der Waals surface area contributed by atoms with Crippen molar-refractivity contribution in [1.82, 2.24) is 0 Å². The van der Waals surface area contributed by atoms with Crippen molar-refractivity contribution in [2.45, 2.75) is 12.8 Å². The van der Waals surface area contributed by atoms with Crippen LogP contribution in [0.15, 0.2) is 42.6 Å². The van der Waals surface area contributed by atoms with Crippen LogP contribution in [0.1, 0.15) is 21.6 Å². The summed E-state index contributed by atoms with van der Waals surface area (Å²) in [6.45, 7) is 0. The molecule has 4 heteroatoms. The summed E-state index contributed by atoms with van der Waals surface area (Å²) < 4.78 is 0. The van der Waals surface area contributed by atoms with Crippen molar-refractivity contribution in [3.05, 3.63) is 64.4 Å². The highest BCUT2D eigenvalue weighted by Crippen LogP contribution is 2.13. The molecule has 0 spiro atoms. The van der Waals surface area contributed by atoms with Crippen LogP contribution in [0, 0.1) is 0 Å². The molecule has 18 heavy (non-hydrogen) atoms. The molecule has 0 aliphatic carbocycles. The molecule has 0 fully saturated rings. The number of halogens is 1. The zero-order valence-corrected chi connectivity index (χ0v) is 10.4. The van der Waals surface area contributed by atoms with Gasteiger partial charge in [0.2, 0.25) is 0 Å². The highest BCUT2D eigenvalue weighted by Gasteiger charge is 2.16. The highest BCUT2D eigenvalue weighted by molar-refractivity contribution is 6.30. The summed E-state index contributed by atoms with van der Waals surface area (Å²) in [5.41, 5.74) is 2.15. The fraction of sp³-hybridized carbons (Fsp3) is 0.143. The fourth-order valence-electron chi connectivity index (χ4n) is 1.85. The summed E-state index contributed by atoms with van der Waals surface area (Å²) in [7, 11) is 0. The predicted molar refractivity (Wildman–Crippen MR) is 68.8 cm³/mol. The number of nitrogens with one attached hydrogen (secondary N) is 1. The van der Waals surface area contributed by atoms with Gasteiger partial charge in [-0.3, -0.25) is 0 Å². The summed E-state index contributed by atoms with van der Waals surface area (Å²) in [5, 5.41) is 9.75. The van der Waals surface area contributed by atoms with E-state index in [1.165, 1.54) is 0 Å². The Morgan fingerprint density at radius 3 is 2.78 bits per heavy atom. The maximum Gasteiger partial charge on any atom is 0.401 e. The van der Waals surface area contributed by atoms with Crippen LogP contribution >= 0.6 is 11.6 Å². The van der Waals surface area contributed by atoms with E-state index in [4.69, 9.17) is 16.7 Å². The van der Waals surface area contributed by atoms with Crippen LogP contribution in [0.25, 0.3) is 0 Å². The SMILES string of the molecule is O=C(O)c1[nH+]cccc1CCc1cccc(Cl)c1. The van der Waals surface area contributed by atoms with E-state index in [9.17, 15) is 4.79 Å². The van der Waals surface area contributed by atoms with Gasteiger partial charge in [0.25, 0.3) is 5.69 Å². The summed E-state index contributed by atoms with van der Waals surface area (Å²) in [6.07, 6.45) is 3.05. The van der Waals surface area contributed by atoms with E-state index in [-0.39, 0.29) is 5.69 Å². The Morgan fingerprint density at radius 1 is 1.22 bits per heavy atom. The molecule has 0 atom stereocenters. The molecule has 1 aromatic heterocycles. The zero-order valence-electron chi connectivity index (χ0n) is 9.69. The largest absolute Gasteiger partial charge is 0.473 e. The number of carbonyl (C=O) groups is 1. The first-order valence-electron chi connectivity index (χ1n) is 5.64. The van der Waals surface area contributed by atoms with Gasteiger partial charge in [0.05, 0.1) is 0 Å². The zero-order chi connectivity index (χ0) is 13.0. The number of rotatable bonds is 4. The van der Waals surface area contributed by atoms with Gasteiger partial charge >= 0.3 is 5.97 Å². The Morgan fingerprint density at radius 2 is 2.06 bits per heavy atom. The Bertz CT molecular complexity index is 569. The second-order valence-electron chi connectivity index (χ2n) is 4.01. The van der Waals surface area contributed by atoms with Crippen LogP contribution in [-0.2, 0) is 12.8 Å². The molecule has 1 heterocycles. The second kappa shape index (κ2) is 5.65. The minimum absolute atomic E-state index is 0.250. The average Bonchev–Trinajstić information content (AvgIpc) is 2.37. The number of hydrogen-bond donors (Lipinski definition) is 1. The molecular formula is C14H13ClNO2+. The van der Waals surface area contributed by atoms with Gasteiger partial charge in [0.15, 0.2) is 6.20 Å². The molecule has 1 aromatic carbocycles. The van der Waals surface area contributed by atoms with E-state index in [0.29, 0.717) is 11.4 Å². The molecule has 3 nitrogen and oxygen atoms in total. The maximum atomic E-state index is 11.0. The minimum Gasteiger partial charge on any atom is -0.473 e. The molecule has 2 rings (SSSR count). The van der Waals surface area contributed by atoms with Crippen molar-refractivity contribution < 1.29 is 14.9 Å². The highest BCUT2D eigenvalue weighted by atomic mass is 35.5. The normalized spacial score (nSPS) is 10.3. The molecule has 92 valence electrons. The molecule has 0 saturated heterocycles. The van der Waals surface area contributed by atoms with Crippen molar-refractivity contribution in [3.63, 3.8) is 0 Å². The number of aromatic nitrogens is 1. The lowest BCUT2D eigenvalue weighted by Gasteiger charge is -2.02. The standard InChI is InChI=1S/C14H12ClNO2/c15-12-5-1-3-10(9-12)6-7-11-4-2-8-16-13(11)14(17)18/h1-5,8-9H,6-7H2,(H,17,18)/p+1. The Labute approximate surface area is 110 Å². The lowest BCUT2D eigenvalue weighted by atomic mass is 10.0. The first-order valence-corrected chi connectivity index (χ1v) is 6.02.